The molecule has 0 aliphatic carbocycles. The van der Waals surface area contributed by atoms with Crippen molar-refractivity contribution in [2.24, 2.45) is 5.92 Å². The Labute approximate surface area is 195 Å². The second kappa shape index (κ2) is 12.6. The van der Waals surface area contributed by atoms with Crippen LogP contribution in [0.15, 0.2) is 60.7 Å². The van der Waals surface area contributed by atoms with E-state index in [1.807, 2.05) is 60.7 Å². The van der Waals surface area contributed by atoms with Crippen molar-refractivity contribution >= 4 is 18.0 Å². The summed E-state index contributed by atoms with van der Waals surface area (Å²) in [4.78, 5) is 37.2. The quantitative estimate of drug-likeness (QED) is 0.409. The van der Waals surface area contributed by atoms with Crippen molar-refractivity contribution < 1.29 is 28.6 Å². The van der Waals surface area contributed by atoms with E-state index in [0.29, 0.717) is 0 Å². The molecule has 0 aromatic heterocycles. The maximum atomic E-state index is 12.5. The van der Waals surface area contributed by atoms with E-state index >= 15 is 0 Å². The van der Waals surface area contributed by atoms with Gasteiger partial charge in [-0.3, -0.25) is 9.59 Å². The number of amides is 1. The SMILES string of the molecule is CC(C[C@H](CC(=O)OCc1ccccc1)NC(=O)OC(C)(C)C)C(=O)OCc1ccccc1. The molecule has 0 bridgehead atoms. The second-order valence-corrected chi connectivity index (χ2v) is 8.92. The molecule has 7 heteroatoms. The zero-order chi connectivity index (χ0) is 24.3. The lowest BCUT2D eigenvalue weighted by Crippen LogP contribution is -2.42. The van der Waals surface area contributed by atoms with E-state index in [4.69, 9.17) is 14.2 Å². The summed E-state index contributed by atoms with van der Waals surface area (Å²) in [7, 11) is 0. The minimum Gasteiger partial charge on any atom is -0.461 e. The highest BCUT2D eigenvalue weighted by atomic mass is 16.6. The number of ether oxygens (including phenoxy) is 3. The molecule has 1 N–H and O–H groups in total. The number of esters is 2. The molecule has 0 aliphatic heterocycles. The largest absolute Gasteiger partial charge is 0.461 e. The predicted octanol–water partition coefficient (Wildman–Crippen LogP) is 4.78. The van der Waals surface area contributed by atoms with Crippen molar-refractivity contribution in [3.8, 4) is 0 Å². The highest BCUT2D eigenvalue weighted by Gasteiger charge is 2.26. The van der Waals surface area contributed by atoms with Crippen molar-refractivity contribution in [2.45, 2.75) is 65.4 Å². The number of carbonyl (C=O) groups excluding carboxylic acids is 3. The standard InChI is InChI=1S/C26H33NO6/c1-19(24(29)32-18-21-13-9-6-10-14-21)15-22(27-25(30)33-26(2,3)4)16-23(28)31-17-20-11-7-5-8-12-20/h5-14,19,22H,15-18H2,1-4H3,(H,27,30)/t19?,22-/m1/s1. The highest BCUT2D eigenvalue weighted by Crippen LogP contribution is 2.15. The summed E-state index contributed by atoms with van der Waals surface area (Å²) >= 11 is 0. The van der Waals surface area contributed by atoms with Gasteiger partial charge in [0.1, 0.15) is 18.8 Å². The molecule has 1 amide bonds. The summed E-state index contributed by atoms with van der Waals surface area (Å²) in [5.41, 5.74) is 1.05. The maximum Gasteiger partial charge on any atom is 0.407 e. The second-order valence-electron chi connectivity index (χ2n) is 8.92. The van der Waals surface area contributed by atoms with E-state index in [2.05, 4.69) is 5.32 Å². The molecular weight excluding hydrogens is 422 g/mol. The third-order valence-electron chi connectivity index (χ3n) is 4.64. The van der Waals surface area contributed by atoms with Crippen molar-refractivity contribution in [1.29, 1.82) is 0 Å². The first-order valence-corrected chi connectivity index (χ1v) is 11.0. The van der Waals surface area contributed by atoms with Crippen LogP contribution in [0.25, 0.3) is 0 Å². The van der Waals surface area contributed by atoms with Gasteiger partial charge >= 0.3 is 18.0 Å². The Bertz CT molecular complexity index is 892. The summed E-state index contributed by atoms with van der Waals surface area (Å²) in [5.74, 6) is -1.44. The van der Waals surface area contributed by atoms with Gasteiger partial charge in [0.15, 0.2) is 0 Å². The Morgan fingerprint density at radius 1 is 0.848 bits per heavy atom. The van der Waals surface area contributed by atoms with Gasteiger partial charge in [-0.1, -0.05) is 67.6 Å². The molecular formula is C26H33NO6. The van der Waals surface area contributed by atoms with Crippen LogP contribution in [0.3, 0.4) is 0 Å². The number of hydrogen-bond acceptors (Lipinski definition) is 6. The van der Waals surface area contributed by atoms with E-state index in [-0.39, 0.29) is 26.1 Å². The minimum atomic E-state index is -0.692. The molecule has 0 spiro atoms. The monoisotopic (exact) mass is 455 g/mol. The molecule has 33 heavy (non-hydrogen) atoms. The third-order valence-corrected chi connectivity index (χ3v) is 4.64. The fraction of sp³-hybridized carbons (Fsp3) is 0.423. The zero-order valence-corrected chi connectivity index (χ0v) is 19.7. The third kappa shape index (κ3) is 10.7. The molecule has 2 aromatic rings. The summed E-state index contributed by atoms with van der Waals surface area (Å²) in [6, 6.07) is 18.0. The molecule has 2 atom stereocenters. The number of benzene rings is 2. The summed E-state index contributed by atoms with van der Waals surface area (Å²) in [6.45, 7) is 7.24. The van der Waals surface area contributed by atoms with E-state index in [9.17, 15) is 14.4 Å². The Morgan fingerprint density at radius 2 is 1.36 bits per heavy atom. The van der Waals surface area contributed by atoms with E-state index in [1.165, 1.54) is 0 Å². The molecule has 1 unspecified atom stereocenters. The van der Waals surface area contributed by atoms with Crippen LogP contribution in [-0.2, 0) is 37.0 Å². The summed E-state index contributed by atoms with van der Waals surface area (Å²) < 4.78 is 16.0. The Kier molecular flexibility index (Phi) is 9.91. The maximum absolute atomic E-state index is 12.5. The van der Waals surface area contributed by atoms with Crippen LogP contribution in [-0.4, -0.2) is 29.7 Å². The Morgan fingerprint density at radius 3 is 1.88 bits per heavy atom. The van der Waals surface area contributed by atoms with Gasteiger partial charge in [0.05, 0.1) is 12.3 Å². The van der Waals surface area contributed by atoms with Crippen molar-refractivity contribution in [3.63, 3.8) is 0 Å². The first kappa shape index (κ1) is 25.9. The fourth-order valence-electron chi connectivity index (χ4n) is 3.06. The summed E-state index contributed by atoms with van der Waals surface area (Å²) in [6.07, 6.45) is -0.552. The highest BCUT2D eigenvalue weighted by molar-refractivity contribution is 5.74. The van der Waals surface area contributed by atoms with Gasteiger partial charge in [-0.05, 0) is 38.3 Å². The van der Waals surface area contributed by atoms with Crippen LogP contribution in [0.1, 0.15) is 51.7 Å². The van der Waals surface area contributed by atoms with Gasteiger partial charge < -0.3 is 19.5 Å². The molecule has 178 valence electrons. The molecule has 0 aliphatic rings. The van der Waals surface area contributed by atoms with Crippen molar-refractivity contribution in [2.75, 3.05) is 0 Å². The molecule has 0 heterocycles. The molecule has 7 nitrogen and oxygen atoms in total. The van der Waals surface area contributed by atoms with Gasteiger partial charge in [-0.15, -0.1) is 0 Å². The average molecular weight is 456 g/mol. The van der Waals surface area contributed by atoms with Gasteiger partial charge in [0, 0.05) is 6.04 Å². The lowest BCUT2D eigenvalue weighted by molar-refractivity contribution is -0.151. The lowest BCUT2D eigenvalue weighted by Gasteiger charge is -2.24. The number of nitrogens with one attached hydrogen (secondary N) is 1. The molecule has 0 radical (unpaired) electrons. The average Bonchev–Trinajstić information content (AvgIpc) is 2.76. The van der Waals surface area contributed by atoms with E-state index in [0.717, 1.165) is 11.1 Å². The van der Waals surface area contributed by atoms with Gasteiger partial charge in [0.2, 0.25) is 0 Å². The lowest BCUT2D eigenvalue weighted by atomic mass is 9.99. The first-order chi connectivity index (χ1) is 15.6. The first-order valence-electron chi connectivity index (χ1n) is 11.0. The van der Waals surface area contributed by atoms with Gasteiger partial charge in [-0.2, -0.15) is 0 Å². The molecule has 0 saturated heterocycles. The van der Waals surface area contributed by atoms with E-state index in [1.54, 1.807) is 27.7 Å². The molecule has 2 rings (SSSR count). The molecule has 0 fully saturated rings. The van der Waals surface area contributed by atoms with Crippen LogP contribution < -0.4 is 5.32 Å². The molecule has 2 aromatic carbocycles. The normalized spacial score (nSPS) is 12.8. The van der Waals surface area contributed by atoms with Crippen LogP contribution in [0, 0.1) is 5.92 Å². The number of hydrogen-bond donors (Lipinski definition) is 1. The minimum absolute atomic E-state index is 0.0949. The van der Waals surface area contributed by atoms with Crippen LogP contribution in [0.5, 0.6) is 0 Å². The van der Waals surface area contributed by atoms with Crippen LogP contribution in [0.2, 0.25) is 0 Å². The number of alkyl carbamates (subject to hydrolysis) is 1. The predicted molar refractivity (Wildman–Crippen MR) is 124 cm³/mol. The fourth-order valence-corrected chi connectivity index (χ4v) is 3.06. The van der Waals surface area contributed by atoms with Crippen LogP contribution >= 0.6 is 0 Å². The number of carbonyl (C=O) groups is 3. The van der Waals surface area contributed by atoms with Crippen LogP contribution in [0.4, 0.5) is 4.79 Å². The zero-order valence-electron chi connectivity index (χ0n) is 19.7. The van der Waals surface area contributed by atoms with Gasteiger partial charge in [0.25, 0.3) is 0 Å². The molecule has 0 saturated carbocycles. The topological polar surface area (TPSA) is 90.9 Å². The van der Waals surface area contributed by atoms with Gasteiger partial charge in [-0.25, -0.2) is 4.79 Å². The summed E-state index contributed by atoms with van der Waals surface area (Å²) in [5, 5.41) is 2.69. The Balaban J connectivity index is 1.94. The van der Waals surface area contributed by atoms with Crippen molar-refractivity contribution in [3.05, 3.63) is 71.8 Å². The Hall–Kier alpha value is -3.35. The van der Waals surface area contributed by atoms with Crippen molar-refractivity contribution in [1.82, 2.24) is 5.32 Å². The van der Waals surface area contributed by atoms with E-state index < -0.39 is 35.6 Å². The smallest absolute Gasteiger partial charge is 0.407 e. The number of rotatable bonds is 10.